The van der Waals surface area contributed by atoms with Gasteiger partial charge in [-0.3, -0.25) is 4.57 Å². The van der Waals surface area contributed by atoms with E-state index in [4.69, 9.17) is 0 Å². The monoisotopic (exact) mass is 196 g/mol. The predicted molar refractivity (Wildman–Crippen MR) is 46.6 cm³/mol. The number of hydrogen-bond donors (Lipinski definition) is 0. The van der Waals surface area contributed by atoms with Crippen LogP contribution in [0.5, 0.6) is 0 Å². The summed E-state index contributed by atoms with van der Waals surface area (Å²) in [6.45, 7) is 3.82. The Morgan fingerprint density at radius 2 is 2.09 bits per heavy atom. The van der Waals surface area contributed by atoms with Crippen molar-refractivity contribution in [3.63, 3.8) is 0 Å². The molecule has 0 aromatic carbocycles. The molecule has 0 aliphatic carbocycles. The summed E-state index contributed by atoms with van der Waals surface area (Å²) in [4.78, 5) is 0. The molecule has 0 spiro atoms. The van der Waals surface area contributed by atoms with Gasteiger partial charge < -0.3 is 0 Å². The molecule has 0 aromatic heterocycles. The number of rotatable bonds is 6. The van der Waals surface area contributed by atoms with E-state index < -0.39 is 16.1 Å². The summed E-state index contributed by atoms with van der Waals surface area (Å²) in [5.74, 6) is 0. The van der Waals surface area contributed by atoms with Gasteiger partial charge >= 0.3 is 8.69 Å². The zero-order valence-corrected chi connectivity index (χ0v) is 8.74. The van der Waals surface area contributed by atoms with Gasteiger partial charge in [-0.2, -0.15) is 0 Å². The molecule has 0 aliphatic rings. The average Bonchev–Trinajstić information content (AvgIpc) is 2.02. The standard InChI is InChI=1S/C6H14O3P2/c1-3-5-6-11(8,4-2)9-10-7/h3-6H2,1-2H3. The van der Waals surface area contributed by atoms with E-state index in [0.717, 1.165) is 12.8 Å². The first kappa shape index (κ1) is 11.3. The maximum absolute atomic E-state index is 11.5. The molecule has 0 bridgehead atoms. The lowest BCUT2D eigenvalue weighted by Gasteiger charge is -2.10. The van der Waals surface area contributed by atoms with Gasteiger partial charge in [0.15, 0.2) is 0 Å². The van der Waals surface area contributed by atoms with Crippen molar-refractivity contribution in [3.05, 3.63) is 0 Å². The van der Waals surface area contributed by atoms with Gasteiger partial charge in [0, 0.05) is 12.3 Å². The maximum atomic E-state index is 11.5. The van der Waals surface area contributed by atoms with E-state index in [-0.39, 0.29) is 0 Å². The van der Waals surface area contributed by atoms with Gasteiger partial charge in [-0.05, 0) is 6.42 Å². The zero-order chi connectivity index (χ0) is 8.74. The van der Waals surface area contributed by atoms with Crippen LogP contribution in [-0.2, 0) is 13.4 Å². The van der Waals surface area contributed by atoms with Crippen molar-refractivity contribution in [2.24, 2.45) is 0 Å². The van der Waals surface area contributed by atoms with E-state index in [1.165, 1.54) is 0 Å². The third kappa shape index (κ3) is 4.68. The van der Waals surface area contributed by atoms with Crippen molar-refractivity contribution in [3.8, 4) is 0 Å². The van der Waals surface area contributed by atoms with E-state index in [2.05, 4.69) is 4.31 Å². The fourth-order valence-corrected chi connectivity index (χ4v) is 3.11. The van der Waals surface area contributed by atoms with Crippen molar-refractivity contribution in [1.82, 2.24) is 0 Å². The molecule has 5 heteroatoms. The van der Waals surface area contributed by atoms with Crippen molar-refractivity contribution < 1.29 is 13.4 Å². The van der Waals surface area contributed by atoms with E-state index in [9.17, 15) is 9.13 Å². The highest BCUT2D eigenvalue weighted by Gasteiger charge is 2.19. The number of hydrogen-bond acceptors (Lipinski definition) is 3. The smallest absolute Gasteiger partial charge is 0.292 e. The Balaban J connectivity index is 3.88. The van der Waals surface area contributed by atoms with Gasteiger partial charge in [-0.15, -0.1) is 0 Å². The summed E-state index contributed by atoms with van der Waals surface area (Å²) in [5, 5.41) is 0. The Kier molecular flexibility index (Phi) is 6.03. The van der Waals surface area contributed by atoms with Gasteiger partial charge in [0.1, 0.15) is 0 Å². The predicted octanol–water partition coefficient (Wildman–Crippen LogP) is 3.31. The van der Waals surface area contributed by atoms with Crippen LogP contribution in [0.4, 0.5) is 0 Å². The van der Waals surface area contributed by atoms with Crippen LogP contribution in [0.25, 0.3) is 0 Å². The highest BCUT2D eigenvalue weighted by Crippen LogP contribution is 2.50. The summed E-state index contributed by atoms with van der Waals surface area (Å²) in [5.41, 5.74) is 0. The summed E-state index contributed by atoms with van der Waals surface area (Å²) >= 11 is 0. The lowest BCUT2D eigenvalue weighted by atomic mass is 10.4. The topological polar surface area (TPSA) is 43.4 Å². The molecule has 0 fully saturated rings. The van der Waals surface area contributed by atoms with Gasteiger partial charge in [0.25, 0.3) is 0 Å². The molecule has 11 heavy (non-hydrogen) atoms. The molecule has 1 unspecified atom stereocenters. The molecular formula is C6H14O3P2. The van der Waals surface area contributed by atoms with Crippen LogP contribution in [0.15, 0.2) is 0 Å². The van der Waals surface area contributed by atoms with Crippen LogP contribution in [0.2, 0.25) is 0 Å². The normalized spacial score (nSPS) is 16.5. The quantitative estimate of drug-likeness (QED) is 0.612. The molecule has 3 nitrogen and oxygen atoms in total. The van der Waals surface area contributed by atoms with Crippen LogP contribution in [0.3, 0.4) is 0 Å². The fraction of sp³-hybridized carbons (Fsp3) is 1.00. The molecule has 66 valence electrons. The molecule has 0 rings (SSSR count). The molecule has 0 radical (unpaired) electrons. The Bertz CT molecular complexity index is 158. The van der Waals surface area contributed by atoms with Crippen molar-refractivity contribution in [2.75, 3.05) is 12.3 Å². The largest absolute Gasteiger partial charge is 0.333 e. The third-order valence-electron chi connectivity index (χ3n) is 1.52. The fourth-order valence-electron chi connectivity index (χ4n) is 0.716. The zero-order valence-electron chi connectivity index (χ0n) is 6.95. The second-order valence-corrected chi connectivity index (χ2v) is 5.88. The van der Waals surface area contributed by atoms with Crippen molar-refractivity contribution in [2.45, 2.75) is 26.7 Å². The van der Waals surface area contributed by atoms with Crippen LogP contribution < -0.4 is 0 Å². The van der Waals surface area contributed by atoms with Crippen LogP contribution in [-0.4, -0.2) is 12.3 Å². The third-order valence-corrected chi connectivity index (χ3v) is 4.93. The molecular weight excluding hydrogens is 182 g/mol. The maximum Gasteiger partial charge on any atom is 0.333 e. The van der Waals surface area contributed by atoms with E-state index in [0.29, 0.717) is 12.3 Å². The summed E-state index contributed by atoms with van der Waals surface area (Å²) in [7, 11) is -3.00. The van der Waals surface area contributed by atoms with Crippen molar-refractivity contribution >= 4 is 16.1 Å². The van der Waals surface area contributed by atoms with E-state index in [1.807, 2.05) is 6.92 Å². The summed E-state index contributed by atoms with van der Waals surface area (Å²) in [6.07, 6.45) is 2.89. The van der Waals surface area contributed by atoms with Gasteiger partial charge in [-0.25, -0.2) is 8.88 Å². The molecule has 0 amide bonds. The van der Waals surface area contributed by atoms with Crippen molar-refractivity contribution in [1.29, 1.82) is 0 Å². The van der Waals surface area contributed by atoms with Crippen LogP contribution >= 0.6 is 16.1 Å². The molecule has 0 saturated heterocycles. The number of unbranched alkanes of at least 4 members (excludes halogenated alkanes) is 1. The highest BCUT2D eigenvalue weighted by molar-refractivity contribution is 7.62. The lowest BCUT2D eigenvalue weighted by Crippen LogP contribution is -1.91. The van der Waals surface area contributed by atoms with Gasteiger partial charge in [0.05, 0.1) is 0 Å². The van der Waals surface area contributed by atoms with E-state index in [1.54, 1.807) is 6.92 Å². The lowest BCUT2D eigenvalue weighted by molar-refractivity contribution is 0.482. The average molecular weight is 196 g/mol. The molecule has 0 N–H and O–H groups in total. The van der Waals surface area contributed by atoms with Gasteiger partial charge in [-0.1, -0.05) is 20.3 Å². The highest BCUT2D eigenvalue weighted by atomic mass is 31.2. The second kappa shape index (κ2) is 5.88. The Labute approximate surface area is 69.3 Å². The Hall–Kier alpha value is 0.290. The first-order valence-corrected chi connectivity index (χ1v) is 6.50. The van der Waals surface area contributed by atoms with Crippen LogP contribution in [0.1, 0.15) is 26.7 Å². The minimum absolute atomic E-state index is 0.458. The molecule has 1 atom stereocenters. The molecule has 0 saturated carbocycles. The molecule has 0 aromatic rings. The Morgan fingerprint density at radius 1 is 1.45 bits per heavy atom. The van der Waals surface area contributed by atoms with Crippen LogP contribution in [0, 0.1) is 0 Å². The molecule has 0 aliphatic heterocycles. The first-order valence-electron chi connectivity index (χ1n) is 3.78. The molecule has 0 heterocycles. The summed E-state index contributed by atoms with van der Waals surface area (Å²) < 4.78 is 26.2. The van der Waals surface area contributed by atoms with E-state index >= 15 is 0 Å². The Morgan fingerprint density at radius 3 is 2.45 bits per heavy atom. The SMILES string of the molecule is CCCCP(=O)(CC)OP=O. The second-order valence-electron chi connectivity index (χ2n) is 2.36. The summed E-state index contributed by atoms with van der Waals surface area (Å²) in [6, 6.07) is 0. The minimum atomic E-state index is -2.54. The first-order chi connectivity index (χ1) is 5.18. The van der Waals surface area contributed by atoms with Gasteiger partial charge in [0.2, 0.25) is 7.37 Å². The minimum Gasteiger partial charge on any atom is -0.292 e.